The van der Waals surface area contributed by atoms with Crippen LogP contribution in [0.3, 0.4) is 0 Å². The number of halogens is 1. The van der Waals surface area contributed by atoms with Gasteiger partial charge >= 0.3 is 0 Å². The zero-order chi connectivity index (χ0) is 20.8. The number of amides is 2. The van der Waals surface area contributed by atoms with Gasteiger partial charge in [0, 0.05) is 10.7 Å². The Labute approximate surface area is 170 Å². The summed E-state index contributed by atoms with van der Waals surface area (Å²) in [6.07, 6.45) is 0. The Morgan fingerprint density at radius 1 is 1.11 bits per heavy atom. The van der Waals surface area contributed by atoms with Crippen LogP contribution in [0.1, 0.15) is 18.1 Å². The topological polar surface area (TPSA) is 70.7 Å². The van der Waals surface area contributed by atoms with Crippen LogP contribution in [0.15, 0.2) is 36.4 Å². The summed E-state index contributed by atoms with van der Waals surface area (Å²) in [5, 5.41) is 6.19. The monoisotopic (exact) mass is 403 g/mol. The zero-order valence-corrected chi connectivity index (χ0v) is 17.6. The van der Waals surface area contributed by atoms with Crippen molar-refractivity contribution in [2.75, 3.05) is 31.3 Å². The van der Waals surface area contributed by atoms with Crippen LogP contribution in [0, 0.1) is 13.8 Å². The van der Waals surface area contributed by atoms with E-state index in [0.717, 1.165) is 16.8 Å². The van der Waals surface area contributed by atoms with Crippen molar-refractivity contribution in [1.29, 1.82) is 0 Å². The maximum Gasteiger partial charge on any atom is 0.241 e. The highest BCUT2D eigenvalue weighted by Gasteiger charge is 2.21. The van der Waals surface area contributed by atoms with Gasteiger partial charge < -0.3 is 15.4 Å². The molecule has 2 amide bonds. The predicted octanol–water partition coefficient (Wildman–Crippen LogP) is 3.86. The van der Waals surface area contributed by atoms with E-state index in [9.17, 15) is 9.59 Å². The summed E-state index contributed by atoms with van der Waals surface area (Å²) in [6, 6.07) is 10.3. The average Bonchev–Trinajstić information content (AvgIpc) is 2.64. The van der Waals surface area contributed by atoms with E-state index >= 15 is 0 Å². The van der Waals surface area contributed by atoms with Gasteiger partial charge in [0.1, 0.15) is 5.75 Å². The number of carbonyl (C=O) groups is 2. The number of hydrogen-bond acceptors (Lipinski definition) is 4. The lowest BCUT2D eigenvalue weighted by Crippen LogP contribution is -2.43. The molecular formula is C21H26ClN3O3. The van der Waals surface area contributed by atoms with Crippen molar-refractivity contribution in [3.63, 3.8) is 0 Å². The molecule has 0 aromatic heterocycles. The van der Waals surface area contributed by atoms with Gasteiger partial charge in [0.15, 0.2) is 0 Å². The molecule has 0 aliphatic heterocycles. The van der Waals surface area contributed by atoms with E-state index in [-0.39, 0.29) is 18.4 Å². The number of hydrogen-bond donors (Lipinski definition) is 2. The van der Waals surface area contributed by atoms with Crippen LogP contribution in [0.4, 0.5) is 11.4 Å². The Bertz CT molecular complexity index is 870. The smallest absolute Gasteiger partial charge is 0.241 e. The first-order valence-electron chi connectivity index (χ1n) is 8.93. The number of aryl methyl sites for hydroxylation is 2. The van der Waals surface area contributed by atoms with Crippen LogP contribution in [0.25, 0.3) is 0 Å². The highest BCUT2D eigenvalue weighted by atomic mass is 35.5. The molecule has 0 heterocycles. The molecule has 0 spiro atoms. The molecule has 0 radical (unpaired) electrons. The van der Waals surface area contributed by atoms with Crippen molar-refractivity contribution >= 4 is 34.8 Å². The lowest BCUT2D eigenvalue weighted by molar-refractivity contribution is -0.122. The molecule has 6 nitrogen and oxygen atoms in total. The first kappa shape index (κ1) is 21.7. The Morgan fingerprint density at radius 3 is 2.50 bits per heavy atom. The van der Waals surface area contributed by atoms with Crippen molar-refractivity contribution < 1.29 is 14.3 Å². The molecule has 2 aromatic carbocycles. The van der Waals surface area contributed by atoms with E-state index in [1.54, 1.807) is 37.1 Å². The molecule has 2 rings (SSSR count). The number of nitrogens with zero attached hydrogens (tertiary/aromatic N) is 1. The van der Waals surface area contributed by atoms with Gasteiger partial charge in [0.05, 0.1) is 25.4 Å². The molecule has 2 aromatic rings. The first-order valence-corrected chi connectivity index (χ1v) is 9.30. The summed E-state index contributed by atoms with van der Waals surface area (Å²) >= 11 is 6.00. The Morgan fingerprint density at radius 2 is 1.82 bits per heavy atom. The number of carbonyl (C=O) groups excluding carboxylic acids is 2. The maximum absolute atomic E-state index is 12.6. The summed E-state index contributed by atoms with van der Waals surface area (Å²) in [6.45, 7) is 5.72. The molecule has 0 saturated heterocycles. The molecule has 0 aliphatic carbocycles. The van der Waals surface area contributed by atoms with Crippen LogP contribution < -0.4 is 15.4 Å². The third-order valence-corrected chi connectivity index (χ3v) is 4.76. The molecule has 150 valence electrons. The number of benzene rings is 2. The van der Waals surface area contributed by atoms with Gasteiger partial charge in [-0.1, -0.05) is 23.7 Å². The highest BCUT2D eigenvalue weighted by molar-refractivity contribution is 6.31. The molecule has 28 heavy (non-hydrogen) atoms. The van der Waals surface area contributed by atoms with Crippen LogP contribution in [0.5, 0.6) is 5.75 Å². The summed E-state index contributed by atoms with van der Waals surface area (Å²) in [5.74, 6) is 0.0686. The van der Waals surface area contributed by atoms with Gasteiger partial charge in [0.2, 0.25) is 11.8 Å². The average molecular weight is 404 g/mol. The van der Waals surface area contributed by atoms with Crippen molar-refractivity contribution in [3.05, 3.63) is 52.5 Å². The Kier molecular flexibility index (Phi) is 7.43. The number of nitrogens with one attached hydrogen (secondary N) is 2. The molecule has 0 unspecified atom stereocenters. The largest absolute Gasteiger partial charge is 0.495 e. The van der Waals surface area contributed by atoms with E-state index in [1.165, 1.54) is 7.11 Å². The van der Waals surface area contributed by atoms with Gasteiger partial charge in [-0.3, -0.25) is 14.5 Å². The summed E-state index contributed by atoms with van der Waals surface area (Å²) < 4.78 is 5.24. The standard InChI is InChI=1S/C21H26ClN3O3/c1-13-6-7-14(2)17(10-13)23-20(26)12-25(4)15(3)21(27)24-18-11-16(22)8-9-19(18)28-5/h6-11,15H,12H2,1-5H3,(H,23,26)(H,24,27)/t15-/m1/s1. The van der Waals surface area contributed by atoms with Crippen LogP contribution in [-0.2, 0) is 9.59 Å². The summed E-state index contributed by atoms with van der Waals surface area (Å²) in [7, 11) is 3.24. The third-order valence-electron chi connectivity index (χ3n) is 4.52. The van der Waals surface area contributed by atoms with Crippen LogP contribution >= 0.6 is 11.6 Å². The minimum absolute atomic E-state index is 0.0780. The zero-order valence-electron chi connectivity index (χ0n) is 16.8. The Balaban J connectivity index is 1.98. The second-order valence-corrected chi connectivity index (χ2v) is 7.23. The second kappa shape index (κ2) is 9.57. The maximum atomic E-state index is 12.6. The molecule has 1 atom stereocenters. The molecule has 7 heteroatoms. The number of anilines is 2. The number of likely N-dealkylation sites (N-methyl/N-ethyl adjacent to an activating group) is 1. The van der Waals surface area contributed by atoms with Crippen molar-refractivity contribution in [3.8, 4) is 5.75 Å². The van der Waals surface area contributed by atoms with E-state index in [4.69, 9.17) is 16.3 Å². The highest BCUT2D eigenvalue weighted by Crippen LogP contribution is 2.27. The van der Waals surface area contributed by atoms with Crippen LogP contribution in [-0.4, -0.2) is 43.5 Å². The fourth-order valence-electron chi connectivity index (χ4n) is 2.64. The van der Waals surface area contributed by atoms with E-state index < -0.39 is 6.04 Å². The van der Waals surface area contributed by atoms with Gasteiger partial charge in [-0.2, -0.15) is 0 Å². The second-order valence-electron chi connectivity index (χ2n) is 6.79. The third kappa shape index (κ3) is 5.71. The van der Waals surface area contributed by atoms with Crippen molar-refractivity contribution in [2.24, 2.45) is 0 Å². The normalized spacial score (nSPS) is 11.8. The molecule has 0 aliphatic rings. The van der Waals surface area contributed by atoms with Gasteiger partial charge in [-0.05, 0) is 63.2 Å². The molecule has 2 N–H and O–H groups in total. The molecule has 0 fully saturated rings. The fourth-order valence-corrected chi connectivity index (χ4v) is 2.81. The quantitative estimate of drug-likeness (QED) is 0.736. The predicted molar refractivity (Wildman–Crippen MR) is 113 cm³/mol. The SMILES string of the molecule is COc1ccc(Cl)cc1NC(=O)[C@@H](C)N(C)CC(=O)Nc1cc(C)ccc1C. The molecule has 0 bridgehead atoms. The first-order chi connectivity index (χ1) is 13.2. The minimum atomic E-state index is -0.534. The fraction of sp³-hybridized carbons (Fsp3) is 0.333. The Hall–Kier alpha value is -2.57. The summed E-state index contributed by atoms with van der Waals surface area (Å²) in [4.78, 5) is 26.7. The van der Waals surface area contributed by atoms with Gasteiger partial charge in [-0.25, -0.2) is 0 Å². The molecular weight excluding hydrogens is 378 g/mol. The summed E-state index contributed by atoms with van der Waals surface area (Å²) in [5.41, 5.74) is 3.32. The van der Waals surface area contributed by atoms with Crippen molar-refractivity contribution in [2.45, 2.75) is 26.8 Å². The lowest BCUT2D eigenvalue weighted by atomic mass is 10.1. The number of ether oxygens (including phenoxy) is 1. The van der Waals surface area contributed by atoms with Gasteiger partial charge in [0.25, 0.3) is 0 Å². The minimum Gasteiger partial charge on any atom is -0.495 e. The van der Waals surface area contributed by atoms with Crippen LogP contribution in [0.2, 0.25) is 5.02 Å². The van der Waals surface area contributed by atoms with Crippen molar-refractivity contribution in [1.82, 2.24) is 4.90 Å². The number of methoxy groups -OCH3 is 1. The lowest BCUT2D eigenvalue weighted by Gasteiger charge is -2.24. The van der Waals surface area contributed by atoms with E-state index in [1.807, 2.05) is 32.0 Å². The van der Waals surface area contributed by atoms with E-state index in [2.05, 4.69) is 10.6 Å². The van der Waals surface area contributed by atoms with E-state index in [0.29, 0.717) is 16.5 Å². The molecule has 0 saturated carbocycles. The van der Waals surface area contributed by atoms with Gasteiger partial charge in [-0.15, -0.1) is 0 Å². The number of rotatable bonds is 7.